The largest absolute Gasteiger partial charge is 0.444 e. The van der Waals surface area contributed by atoms with Crippen LogP contribution >= 0.6 is 0 Å². The number of carbonyl (C=O) groups is 1. The summed E-state index contributed by atoms with van der Waals surface area (Å²) in [6.45, 7) is 5.77. The third-order valence-corrected chi connectivity index (χ3v) is 5.01. The Morgan fingerprint density at radius 1 is 1.33 bits per heavy atom. The van der Waals surface area contributed by atoms with E-state index in [4.69, 9.17) is 4.74 Å². The number of nitrogens with zero attached hydrogens (tertiary/aromatic N) is 3. The lowest BCUT2D eigenvalue weighted by atomic mass is 10.2. The zero-order valence-electron chi connectivity index (χ0n) is 12.3. The number of hydrogen-bond donors (Lipinski definition) is 0. The average Bonchev–Trinajstić information content (AvgIpc) is 2.88. The first-order valence-corrected chi connectivity index (χ1v) is 8.23. The lowest BCUT2D eigenvalue weighted by Crippen LogP contribution is -2.36. The SMILES string of the molecule is CC(C)(C)OC(=O)N1CC[C@@H](S(=O)(=O)c2ncccn2)C1. The van der Waals surface area contributed by atoms with E-state index in [2.05, 4.69) is 9.97 Å². The normalized spacial score (nSPS) is 19.6. The van der Waals surface area contributed by atoms with E-state index in [9.17, 15) is 13.2 Å². The molecule has 0 N–H and O–H groups in total. The molecule has 1 aromatic heterocycles. The molecule has 1 fully saturated rings. The first-order chi connectivity index (χ1) is 9.70. The fourth-order valence-electron chi connectivity index (χ4n) is 2.06. The van der Waals surface area contributed by atoms with Crippen molar-refractivity contribution in [2.75, 3.05) is 13.1 Å². The van der Waals surface area contributed by atoms with Crippen LogP contribution in [0.4, 0.5) is 4.79 Å². The smallest absolute Gasteiger partial charge is 0.410 e. The molecule has 1 aromatic rings. The van der Waals surface area contributed by atoms with E-state index in [1.165, 1.54) is 17.3 Å². The number of ether oxygens (including phenoxy) is 1. The number of likely N-dealkylation sites (tertiary alicyclic amines) is 1. The molecule has 1 atom stereocenters. The standard InChI is InChI=1S/C13H19N3O4S/c1-13(2,3)20-12(17)16-8-5-10(9-16)21(18,19)11-14-6-4-7-15-11/h4,6-7,10H,5,8-9H2,1-3H3/t10-/m1/s1. The van der Waals surface area contributed by atoms with Crippen molar-refractivity contribution in [3.63, 3.8) is 0 Å². The van der Waals surface area contributed by atoms with Crippen molar-refractivity contribution in [3.8, 4) is 0 Å². The fraction of sp³-hybridized carbons (Fsp3) is 0.615. The van der Waals surface area contributed by atoms with Crippen molar-refractivity contribution in [2.24, 2.45) is 0 Å². The van der Waals surface area contributed by atoms with Crippen LogP contribution in [0.1, 0.15) is 27.2 Å². The number of carbonyl (C=O) groups excluding carboxylic acids is 1. The second-order valence-electron chi connectivity index (χ2n) is 5.91. The first-order valence-electron chi connectivity index (χ1n) is 6.69. The van der Waals surface area contributed by atoms with Crippen LogP contribution in [0.2, 0.25) is 0 Å². The van der Waals surface area contributed by atoms with Crippen molar-refractivity contribution >= 4 is 15.9 Å². The Hall–Kier alpha value is -1.70. The predicted molar refractivity (Wildman–Crippen MR) is 75.4 cm³/mol. The maximum absolute atomic E-state index is 12.4. The molecule has 1 saturated heterocycles. The predicted octanol–water partition coefficient (Wildman–Crippen LogP) is 1.26. The second-order valence-corrected chi connectivity index (χ2v) is 8.04. The average molecular weight is 313 g/mol. The van der Waals surface area contributed by atoms with Gasteiger partial charge in [-0.2, -0.15) is 0 Å². The van der Waals surface area contributed by atoms with Gasteiger partial charge in [0.1, 0.15) is 5.60 Å². The third-order valence-electron chi connectivity index (χ3n) is 3.03. The number of amides is 1. The van der Waals surface area contributed by atoms with Gasteiger partial charge in [-0.15, -0.1) is 0 Å². The molecule has 0 saturated carbocycles. The minimum atomic E-state index is -3.62. The zero-order valence-corrected chi connectivity index (χ0v) is 13.1. The quantitative estimate of drug-likeness (QED) is 0.764. The van der Waals surface area contributed by atoms with Crippen LogP contribution in [0.3, 0.4) is 0 Å². The number of sulfone groups is 1. The van der Waals surface area contributed by atoms with Crippen LogP contribution in [0.25, 0.3) is 0 Å². The summed E-state index contributed by atoms with van der Waals surface area (Å²) in [7, 11) is -3.62. The lowest BCUT2D eigenvalue weighted by molar-refractivity contribution is 0.0295. The summed E-state index contributed by atoms with van der Waals surface area (Å²) in [5, 5.41) is -0.881. The molecule has 21 heavy (non-hydrogen) atoms. The molecular formula is C13H19N3O4S. The van der Waals surface area contributed by atoms with E-state index in [-0.39, 0.29) is 11.7 Å². The molecular weight excluding hydrogens is 294 g/mol. The molecule has 0 spiro atoms. The van der Waals surface area contributed by atoms with Crippen LogP contribution in [-0.2, 0) is 14.6 Å². The molecule has 7 nitrogen and oxygen atoms in total. The Labute approximate surface area is 124 Å². The third kappa shape index (κ3) is 3.69. The molecule has 1 aliphatic heterocycles. The van der Waals surface area contributed by atoms with Gasteiger partial charge in [-0.1, -0.05) is 0 Å². The van der Waals surface area contributed by atoms with Gasteiger partial charge in [0.05, 0.1) is 5.25 Å². The van der Waals surface area contributed by atoms with E-state index < -0.39 is 26.8 Å². The molecule has 0 radical (unpaired) electrons. The molecule has 116 valence electrons. The van der Waals surface area contributed by atoms with Crippen molar-refractivity contribution in [1.29, 1.82) is 0 Å². The summed E-state index contributed by atoms with van der Waals surface area (Å²) in [4.78, 5) is 20.9. The van der Waals surface area contributed by atoms with Gasteiger partial charge < -0.3 is 9.64 Å². The molecule has 0 aromatic carbocycles. The van der Waals surface area contributed by atoms with Gasteiger partial charge in [-0.05, 0) is 33.3 Å². The second kappa shape index (κ2) is 5.59. The van der Waals surface area contributed by atoms with Gasteiger partial charge in [0.25, 0.3) is 0 Å². The molecule has 2 heterocycles. The minimum Gasteiger partial charge on any atom is -0.444 e. The monoisotopic (exact) mass is 313 g/mol. The van der Waals surface area contributed by atoms with Crippen molar-refractivity contribution in [3.05, 3.63) is 18.5 Å². The highest BCUT2D eigenvalue weighted by Crippen LogP contribution is 2.23. The summed E-state index contributed by atoms with van der Waals surface area (Å²) in [5.74, 6) is 0. The van der Waals surface area contributed by atoms with Crippen LogP contribution in [0, 0.1) is 0 Å². The molecule has 2 rings (SSSR count). The Bertz CT molecular complexity index is 610. The van der Waals surface area contributed by atoms with Crippen molar-refractivity contribution in [1.82, 2.24) is 14.9 Å². The van der Waals surface area contributed by atoms with Gasteiger partial charge >= 0.3 is 6.09 Å². The van der Waals surface area contributed by atoms with E-state index in [1.54, 1.807) is 26.8 Å². The van der Waals surface area contributed by atoms with E-state index in [1.807, 2.05) is 0 Å². The molecule has 1 aliphatic rings. The summed E-state index contributed by atoms with van der Waals surface area (Å²) < 4.78 is 30.0. The summed E-state index contributed by atoms with van der Waals surface area (Å²) >= 11 is 0. The topological polar surface area (TPSA) is 89.5 Å². The Kier molecular flexibility index (Phi) is 4.18. The summed E-state index contributed by atoms with van der Waals surface area (Å²) in [5.41, 5.74) is -0.601. The Balaban J connectivity index is 2.07. The molecule has 8 heteroatoms. The maximum Gasteiger partial charge on any atom is 0.410 e. The van der Waals surface area contributed by atoms with Gasteiger partial charge in [-0.3, -0.25) is 0 Å². The number of aromatic nitrogens is 2. The van der Waals surface area contributed by atoms with Crippen LogP contribution in [0.5, 0.6) is 0 Å². The summed E-state index contributed by atoms with van der Waals surface area (Å²) in [6.07, 6.45) is 2.65. The highest BCUT2D eigenvalue weighted by Gasteiger charge is 2.38. The highest BCUT2D eigenvalue weighted by atomic mass is 32.2. The number of rotatable bonds is 2. The first kappa shape index (κ1) is 15.7. The van der Waals surface area contributed by atoms with Gasteiger partial charge in [-0.25, -0.2) is 23.2 Å². The molecule has 0 unspecified atom stereocenters. The van der Waals surface area contributed by atoms with E-state index in [0.717, 1.165) is 0 Å². The van der Waals surface area contributed by atoms with E-state index >= 15 is 0 Å². The van der Waals surface area contributed by atoms with Crippen molar-refractivity contribution in [2.45, 2.75) is 43.2 Å². The van der Waals surface area contributed by atoms with E-state index in [0.29, 0.717) is 13.0 Å². The van der Waals surface area contributed by atoms with Crippen LogP contribution in [0.15, 0.2) is 23.6 Å². The Morgan fingerprint density at radius 2 is 1.95 bits per heavy atom. The molecule has 1 amide bonds. The minimum absolute atomic E-state index is 0.107. The van der Waals surface area contributed by atoms with Gasteiger partial charge in [0.2, 0.25) is 15.0 Å². The van der Waals surface area contributed by atoms with Gasteiger partial charge in [0.15, 0.2) is 0 Å². The van der Waals surface area contributed by atoms with Crippen LogP contribution in [-0.4, -0.2) is 53.3 Å². The van der Waals surface area contributed by atoms with Crippen molar-refractivity contribution < 1.29 is 17.9 Å². The zero-order chi connectivity index (χ0) is 15.7. The van der Waals surface area contributed by atoms with Crippen LogP contribution < -0.4 is 0 Å². The summed E-state index contributed by atoms with van der Waals surface area (Å²) in [6, 6.07) is 1.56. The maximum atomic E-state index is 12.4. The molecule has 0 bridgehead atoms. The molecule has 0 aliphatic carbocycles. The Morgan fingerprint density at radius 3 is 2.52 bits per heavy atom. The fourth-order valence-corrected chi connectivity index (χ4v) is 3.56. The lowest BCUT2D eigenvalue weighted by Gasteiger charge is -2.24. The highest BCUT2D eigenvalue weighted by molar-refractivity contribution is 7.91. The number of hydrogen-bond acceptors (Lipinski definition) is 6. The van der Waals surface area contributed by atoms with Gasteiger partial charge in [0, 0.05) is 25.5 Å².